The maximum Gasteiger partial charge on any atom is 0.136 e. The number of ketones is 1. The van der Waals surface area contributed by atoms with Crippen molar-refractivity contribution in [2.45, 2.75) is 25.7 Å². The van der Waals surface area contributed by atoms with Gasteiger partial charge in [-0.25, -0.2) is 4.98 Å². The topological polar surface area (TPSA) is 30.0 Å². The van der Waals surface area contributed by atoms with Crippen molar-refractivity contribution in [2.75, 3.05) is 0 Å². The lowest BCUT2D eigenvalue weighted by molar-refractivity contribution is -0.120. The number of aromatic nitrogens is 1. The van der Waals surface area contributed by atoms with Gasteiger partial charge in [0.05, 0.1) is 15.2 Å². The van der Waals surface area contributed by atoms with Gasteiger partial charge in [-0.1, -0.05) is 12.1 Å². The molecule has 1 aliphatic carbocycles. The first kappa shape index (κ1) is 9.97. The number of hydrogen-bond donors (Lipinski definition) is 0. The van der Waals surface area contributed by atoms with E-state index in [4.69, 9.17) is 0 Å². The van der Waals surface area contributed by atoms with Crippen molar-refractivity contribution in [3.05, 3.63) is 29.3 Å². The number of rotatable bonds is 4. The van der Waals surface area contributed by atoms with Crippen LogP contribution in [0.15, 0.2) is 24.3 Å². The second kappa shape index (κ2) is 3.98. The van der Waals surface area contributed by atoms with E-state index in [0.29, 0.717) is 18.1 Å². The van der Waals surface area contributed by atoms with Crippen LogP contribution in [0.5, 0.6) is 0 Å². The maximum absolute atomic E-state index is 11.6. The predicted molar refractivity (Wildman–Crippen MR) is 65.7 cm³/mol. The molecule has 16 heavy (non-hydrogen) atoms. The summed E-state index contributed by atoms with van der Waals surface area (Å²) in [6.07, 6.45) is 3.70. The average Bonchev–Trinajstić information content (AvgIpc) is 3.06. The highest BCUT2D eigenvalue weighted by atomic mass is 32.1. The molecule has 0 atom stereocenters. The van der Waals surface area contributed by atoms with E-state index >= 15 is 0 Å². The molecule has 3 heteroatoms. The fourth-order valence-corrected chi connectivity index (χ4v) is 2.83. The Hall–Kier alpha value is -1.22. The van der Waals surface area contributed by atoms with Crippen LogP contribution in [0, 0.1) is 5.92 Å². The SMILES string of the molecule is O=C(CCc1nc2ccccc2s1)C1CC1. The summed E-state index contributed by atoms with van der Waals surface area (Å²) in [7, 11) is 0. The molecule has 1 aromatic heterocycles. The number of nitrogens with zero attached hydrogens (tertiary/aromatic N) is 1. The van der Waals surface area contributed by atoms with Crippen LogP contribution in [0.25, 0.3) is 10.2 Å². The van der Waals surface area contributed by atoms with Gasteiger partial charge in [-0.3, -0.25) is 4.79 Å². The van der Waals surface area contributed by atoms with Crippen LogP contribution in [0.3, 0.4) is 0 Å². The van der Waals surface area contributed by atoms with Gasteiger partial charge in [0.25, 0.3) is 0 Å². The first-order chi connectivity index (χ1) is 7.83. The molecule has 1 aromatic carbocycles. The number of carbonyl (C=O) groups is 1. The minimum Gasteiger partial charge on any atom is -0.299 e. The van der Waals surface area contributed by atoms with Crippen LogP contribution >= 0.6 is 11.3 Å². The highest BCUT2D eigenvalue weighted by Crippen LogP contribution is 2.31. The fourth-order valence-electron chi connectivity index (χ4n) is 1.87. The summed E-state index contributed by atoms with van der Waals surface area (Å²) in [6, 6.07) is 8.14. The van der Waals surface area contributed by atoms with E-state index in [1.807, 2.05) is 18.2 Å². The lowest BCUT2D eigenvalue weighted by Crippen LogP contribution is -2.01. The molecule has 0 spiro atoms. The summed E-state index contributed by atoms with van der Waals surface area (Å²) < 4.78 is 1.22. The number of hydrogen-bond acceptors (Lipinski definition) is 3. The zero-order valence-electron chi connectivity index (χ0n) is 8.98. The Labute approximate surface area is 98.3 Å². The third-order valence-corrected chi connectivity index (χ3v) is 4.05. The Morgan fingerprint density at radius 1 is 1.38 bits per heavy atom. The number of aryl methyl sites for hydroxylation is 1. The first-order valence-electron chi connectivity index (χ1n) is 5.70. The van der Waals surface area contributed by atoms with E-state index in [2.05, 4.69) is 11.1 Å². The van der Waals surface area contributed by atoms with Gasteiger partial charge in [-0.15, -0.1) is 11.3 Å². The largest absolute Gasteiger partial charge is 0.299 e. The van der Waals surface area contributed by atoms with Gasteiger partial charge < -0.3 is 0 Å². The lowest BCUT2D eigenvalue weighted by atomic mass is 10.1. The van der Waals surface area contributed by atoms with Crippen LogP contribution in [0.2, 0.25) is 0 Å². The second-order valence-electron chi connectivity index (χ2n) is 4.32. The third kappa shape index (κ3) is 2.00. The molecule has 2 nitrogen and oxygen atoms in total. The van der Waals surface area contributed by atoms with Gasteiger partial charge in [-0.2, -0.15) is 0 Å². The summed E-state index contributed by atoms with van der Waals surface area (Å²) in [5, 5.41) is 1.09. The average molecular weight is 231 g/mol. The Morgan fingerprint density at radius 2 is 2.19 bits per heavy atom. The number of Topliss-reactive ketones (excluding diaryl/α,β-unsaturated/α-hetero) is 1. The Kier molecular flexibility index (Phi) is 2.48. The molecule has 2 aromatic rings. The van der Waals surface area contributed by atoms with Crippen molar-refractivity contribution in [1.82, 2.24) is 4.98 Å². The molecule has 0 N–H and O–H groups in total. The highest BCUT2D eigenvalue weighted by Gasteiger charge is 2.28. The zero-order chi connectivity index (χ0) is 11.0. The molecular formula is C13H13NOS. The molecule has 0 amide bonds. The minimum atomic E-state index is 0.384. The Morgan fingerprint density at radius 3 is 2.94 bits per heavy atom. The molecule has 0 bridgehead atoms. The highest BCUT2D eigenvalue weighted by molar-refractivity contribution is 7.18. The molecule has 0 unspecified atom stereocenters. The Balaban J connectivity index is 1.71. The van der Waals surface area contributed by atoms with E-state index in [1.54, 1.807) is 11.3 Å². The fraction of sp³-hybridized carbons (Fsp3) is 0.385. The molecule has 1 saturated carbocycles. The van der Waals surface area contributed by atoms with Crippen LogP contribution < -0.4 is 0 Å². The summed E-state index contributed by atoms with van der Waals surface area (Å²) in [5.74, 6) is 0.814. The van der Waals surface area contributed by atoms with Crippen molar-refractivity contribution < 1.29 is 4.79 Å². The van der Waals surface area contributed by atoms with E-state index < -0.39 is 0 Å². The first-order valence-corrected chi connectivity index (χ1v) is 6.52. The van der Waals surface area contributed by atoms with Gasteiger partial charge in [0.15, 0.2) is 0 Å². The van der Waals surface area contributed by atoms with E-state index in [-0.39, 0.29) is 0 Å². The Bertz CT molecular complexity index is 494. The predicted octanol–water partition coefficient (Wildman–Crippen LogP) is 3.21. The monoisotopic (exact) mass is 231 g/mol. The third-order valence-electron chi connectivity index (χ3n) is 2.96. The molecule has 1 heterocycles. The molecular weight excluding hydrogens is 218 g/mol. The van der Waals surface area contributed by atoms with Crippen LogP contribution in [-0.4, -0.2) is 10.8 Å². The van der Waals surface area contributed by atoms with Crippen molar-refractivity contribution in [2.24, 2.45) is 5.92 Å². The number of benzene rings is 1. The van der Waals surface area contributed by atoms with Crippen LogP contribution in [-0.2, 0) is 11.2 Å². The van der Waals surface area contributed by atoms with Gasteiger partial charge in [0, 0.05) is 18.8 Å². The van der Waals surface area contributed by atoms with E-state index in [0.717, 1.165) is 29.8 Å². The van der Waals surface area contributed by atoms with Crippen LogP contribution in [0.4, 0.5) is 0 Å². The maximum atomic E-state index is 11.6. The number of carbonyl (C=O) groups excluding carboxylic acids is 1. The molecule has 82 valence electrons. The second-order valence-corrected chi connectivity index (χ2v) is 5.43. The molecule has 1 aliphatic rings. The standard InChI is InChI=1S/C13H13NOS/c15-11(9-5-6-9)7-8-13-14-10-3-1-2-4-12(10)16-13/h1-4,9H,5-8H2. The van der Waals surface area contributed by atoms with Gasteiger partial charge in [-0.05, 0) is 25.0 Å². The molecule has 1 fully saturated rings. The molecule has 0 aliphatic heterocycles. The molecule has 0 radical (unpaired) electrons. The van der Waals surface area contributed by atoms with E-state index in [1.165, 1.54) is 4.70 Å². The quantitative estimate of drug-likeness (QED) is 0.808. The number of thiazole rings is 1. The number of fused-ring (bicyclic) bond motifs is 1. The smallest absolute Gasteiger partial charge is 0.136 e. The minimum absolute atomic E-state index is 0.384. The lowest BCUT2D eigenvalue weighted by Gasteiger charge is -1.94. The van der Waals surface area contributed by atoms with Crippen molar-refractivity contribution in [1.29, 1.82) is 0 Å². The normalized spacial score (nSPS) is 15.5. The van der Waals surface area contributed by atoms with Crippen molar-refractivity contribution >= 4 is 27.3 Å². The molecule has 0 saturated heterocycles. The van der Waals surface area contributed by atoms with Crippen molar-refractivity contribution in [3.8, 4) is 0 Å². The van der Waals surface area contributed by atoms with E-state index in [9.17, 15) is 4.79 Å². The zero-order valence-corrected chi connectivity index (χ0v) is 9.80. The summed E-state index contributed by atoms with van der Waals surface area (Å²) in [5.41, 5.74) is 1.06. The number of para-hydroxylation sites is 1. The van der Waals surface area contributed by atoms with Gasteiger partial charge in [0.2, 0.25) is 0 Å². The summed E-state index contributed by atoms with van der Waals surface area (Å²) in [4.78, 5) is 16.1. The summed E-state index contributed by atoms with van der Waals surface area (Å²) in [6.45, 7) is 0. The molecule has 3 rings (SSSR count). The van der Waals surface area contributed by atoms with Gasteiger partial charge in [0.1, 0.15) is 5.78 Å². The van der Waals surface area contributed by atoms with Crippen LogP contribution in [0.1, 0.15) is 24.3 Å². The van der Waals surface area contributed by atoms with Gasteiger partial charge >= 0.3 is 0 Å². The van der Waals surface area contributed by atoms with Crippen molar-refractivity contribution in [3.63, 3.8) is 0 Å². The summed E-state index contributed by atoms with van der Waals surface area (Å²) >= 11 is 1.71.